The van der Waals surface area contributed by atoms with Gasteiger partial charge < -0.3 is 5.11 Å². The molecular formula is C11H24N2O. The van der Waals surface area contributed by atoms with Crippen LogP contribution < -0.4 is 0 Å². The summed E-state index contributed by atoms with van der Waals surface area (Å²) in [6.45, 7) is 7.56. The topological polar surface area (TPSA) is 26.7 Å². The summed E-state index contributed by atoms with van der Waals surface area (Å²) >= 11 is 0. The molecule has 1 saturated heterocycles. The van der Waals surface area contributed by atoms with E-state index in [1.165, 1.54) is 0 Å². The molecule has 0 aromatic rings. The van der Waals surface area contributed by atoms with Crippen molar-refractivity contribution in [1.29, 1.82) is 0 Å². The maximum Gasteiger partial charge on any atom is 0.0592 e. The van der Waals surface area contributed by atoms with Crippen molar-refractivity contribution in [2.45, 2.75) is 45.5 Å². The third kappa shape index (κ3) is 2.47. The molecule has 1 fully saturated rings. The Morgan fingerprint density at radius 3 is 2.43 bits per heavy atom. The Hall–Kier alpha value is -0.120. The van der Waals surface area contributed by atoms with Crippen LogP contribution in [0.3, 0.4) is 0 Å². The Kier molecular flexibility index (Phi) is 3.93. The molecule has 0 aliphatic carbocycles. The lowest BCUT2D eigenvalue weighted by atomic mass is 9.91. The van der Waals surface area contributed by atoms with Crippen molar-refractivity contribution in [2.24, 2.45) is 5.92 Å². The first-order valence-corrected chi connectivity index (χ1v) is 5.53. The molecule has 3 heteroatoms. The molecule has 84 valence electrons. The van der Waals surface area contributed by atoms with Gasteiger partial charge in [0.25, 0.3) is 0 Å². The summed E-state index contributed by atoms with van der Waals surface area (Å²) in [5, 5.41) is 9.75. The van der Waals surface area contributed by atoms with Crippen molar-refractivity contribution in [3.05, 3.63) is 0 Å². The largest absolute Gasteiger partial charge is 0.393 e. The zero-order chi connectivity index (χ0) is 10.9. The molecule has 0 saturated carbocycles. The quantitative estimate of drug-likeness (QED) is 0.720. The fourth-order valence-corrected chi connectivity index (χ4v) is 2.17. The Labute approximate surface area is 87.7 Å². The van der Waals surface area contributed by atoms with Crippen LogP contribution in [0, 0.1) is 5.92 Å². The molecule has 1 rings (SSSR count). The lowest BCUT2D eigenvalue weighted by molar-refractivity contribution is -0.0408. The van der Waals surface area contributed by atoms with Crippen LogP contribution in [0.25, 0.3) is 0 Å². The maximum absolute atomic E-state index is 9.75. The number of nitrogens with zero attached hydrogens (tertiary/aromatic N) is 2. The van der Waals surface area contributed by atoms with Crippen LogP contribution in [0.1, 0.15) is 27.2 Å². The van der Waals surface area contributed by atoms with Crippen LogP contribution in [0.4, 0.5) is 0 Å². The van der Waals surface area contributed by atoms with Gasteiger partial charge in [0.2, 0.25) is 0 Å². The van der Waals surface area contributed by atoms with Gasteiger partial charge in [0.05, 0.1) is 12.3 Å². The fourth-order valence-electron chi connectivity index (χ4n) is 2.17. The summed E-state index contributed by atoms with van der Waals surface area (Å²) < 4.78 is 0. The van der Waals surface area contributed by atoms with E-state index >= 15 is 0 Å². The predicted molar refractivity (Wildman–Crippen MR) is 59.1 cm³/mol. The molecule has 0 aromatic carbocycles. The first-order chi connectivity index (χ1) is 6.43. The van der Waals surface area contributed by atoms with E-state index in [0.29, 0.717) is 18.1 Å². The molecule has 0 radical (unpaired) electrons. The molecule has 1 aliphatic heterocycles. The lowest BCUT2D eigenvalue weighted by Crippen LogP contribution is -2.54. The summed E-state index contributed by atoms with van der Waals surface area (Å²) in [6.07, 6.45) is 1.25. The van der Waals surface area contributed by atoms with Gasteiger partial charge in [-0.2, -0.15) is 0 Å². The van der Waals surface area contributed by atoms with E-state index in [1.54, 1.807) is 0 Å². The normalized spacial score (nSPS) is 37.5. The SMILES string of the molecule is CC1CN(C(C)N(C)C)C(C)CC1O. The zero-order valence-corrected chi connectivity index (χ0v) is 10.1. The monoisotopic (exact) mass is 200 g/mol. The highest BCUT2D eigenvalue weighted by atomic mass is 16.3. The second-order valence-electron chi connectivity index (χ2n) is 4.92. The number of hydrogen-bond acceptors (Lipinski definition) is 3. The molecule has 0 spiro atoms. The van der Waals surface area contributed by atoms with E-state index in [4.69, 9.17) is 0 Å². The molecule has 0 aromatic heterocycles. The molecule has 4 unspecified atom stereocenters. The second-order valence-corrected chi connectivity index (χ2v) is 4.92. The van der Waals surface area contributed by atoms with Crippen molar-refractivity contribution in [3.63, 3.8) is 0 Å². The number of likely N-dealkylation sites (tertiary alicyclic amines) is 1. The fraction of sp³-hybridized carbons (Fsp3) is 1.00. The summed E-state index contributed by atoms with van der Waals surface area (Å²) in [4.78, 5) is 4.69. The van der Waals surface area contributed by atoms with Gasteiger partial charge in [-0.15, -0.1) is 0 Å². The summed E-state index contributed by atoms with van der Waals surface area (Å²) in [6, 6.07) is 0.485. The third-order valence-electron chi connectivity index (χ3n) is 3.53. The van der Waals surface area contributed by atoms with Crippen LogP contribution in [-0.2, 0) is 0 Å². The van der Waals surface area contributed by atoms with Crippen molar-refractivity contribution in [2.75, 3.05) is 20.6 Å². The van der Waals surface area contributed by atoms with E-state index in [-0.39, 0.29) is 6.10 Å². The molecule has 1 N–H and O–H groups in total. The third-order valence-corrected chi connectivity index (χ3v) is 3.53. The number of aliphatic hydroxyl groups is 1. The maximum atomic E-state index is 9.75. The van der Waals surface area contributed by atoms with Gasteiger partial charge in [0, 0.05) is 12.6 Å². The van der Waals surface area contributed by atoms with E-state index < -0.39 is 0 Å². The van der Waals surface area contributed by atoms with Gasteiger partial charge in [-0.05, 0) is 40.3 Å². The van der Waals surface area contributed by atoms with Gasteiger partial charge in [-0.25, -0.2) is 0 Å². The molecule has 0 bridgehead atoms. The van der Waals surface area contributed by atoms with E-state index in [0.717, 1.165) is 13.0 Å². The Balaban J connectivity index is 2.61. The smallest absolute Gasteiger partial charge is 0.0592 e. The minimum absolute atomic E-state index is 0.115. The minimum Gasteiger partial charge on any atom is -0.393 e. The van der Waals surface area contributed by atoms with Gasteiger partial charge in [-0.1, -0.05) is 6.92 Å². The summed E-state index contributed by atoms with van der Waals surface area (Å²) in [5.74, 6) is 0.397. The Morgan fingerprint density at radius 1 is 1.36 bits per heavy atom. The molecule has 1 aliphatic rings. The Bertz CT molecular complexity index is 184. The van der Waals surface area contributed by atoms with Crippen molar-refractivity contribution < 1.29 is 5.11 Å². The average Bonchev–Trinajstić information content (AvgIpc) is 2.10. The van der Waals surface area contributed by atoms with Gasteiger partial charge in [0.15, 0.2) is 0 Å². The molecule has 1 heterocycles. The number of rotatable bonds is 2. The average molecular weight is 200 g/mol. The first-order valence-electron chi connectivity index (χ1n) is 5.53. The van der Waals surface area contributed by atoms with E-state index in [1.807, 2.05) is 0 Å². The molecule has 14 heavy (non-hydrogen) atoms. The Morgan fingerprint density at radius 2 is 1.93 bits per heavy atom. The standard InChI is InChI=1S/C11H24N2O/c1-8-7-13(10(3)12(4)5)9(2)6-11(8)14/h8-11,14H,6-7H2,1-5H3. The van der Waals surface area contributed by atoms with Crippen molar-refractivity contribution in [1.82, 2.24) is 9.80 Å². The molecule has 0 amide bonds. The second kappa shape index (κ2) is 4.60. The lowest BCUT2D eigenvalue weighted by Gasteiger charge is -2.44. The van der Waals surface area contributed by atoms with Gasteiger partial charge in [-0.3, -0.25) is 9.80 Å². The summed E-state index contributed by atoms with van der Waals surface area (Å²) in [5.41, 5.74) is 0. The molecule has 4 atom stereocenters. The predicted octanol–water partition coefficient (Wildman–Crippen LogP) is 0.985. The van der Waals surface area contributed by atoms with Crippen molar-refractivity contribution in [3.8, 4) is 0 Å². The highest BCUT2D eigenvalue weighted by Crippen LogP contribution is 2.24. The van der Waals surface area contributed by atoms with Crippen LogP contribution in [0.2, 0.25) is 0 Å². The van der Waals surface area contributed by atoms with E-state index in [9.17, 15) is 5.11 Å². The van der Waals surface area contributed by atoms with Crippen LogP contribution in [0.5, 0.6) is 0 Å². The van der Waals surface area contributed by atoms with Gasteiger partial charge >= 0.3 is 0 Å². The minimum atomic E-state index is -0.115. The highest BCUT2D eigenvalue weighted by Gasteiger charge is 2.32. The van der Waals surface area contributed by atoms with Crippen molar-refractivity contribution >= 4 is 0 Å². The van der Waals surface area contributed by atoms with Crippen LogP contribution in [-0.4, -0.2) is 53.9 Å². The van der Waals surface area contributed by atoms with Crippen LogP contribution >= 0.6 is 0 Å². The number of hydrogen-bond donors (Lipinski definition) is 1. The number of aliphatic hydroxyl groups excluding tert-OH is 1. The highest BCUT2D eigenvalue weighted by molar-refractivity contribution is 4.84. The molecular weight excluding hydrogens is 176 g/mol. The first kappa shape index (κ1) is 12.0. The summed E-state index contributed by atoms with van der Waals surface area (Å²) in [7, 11) is 4.21. The zero-order valence-electron chi connectivity index (χ0n) is 10.1. The molecule has 3 nitrogen and oxygen atoms in total. The van der Waals surface area contributed by atoms with E-state index in [2.05, 4.69) is 44.7 Å². The van der Waals surface area contributed by atoms with Gasteiger partial charge in [0.1, 0.15) is 0 Å². The van der Waals surface area contributed by atoms with Crippen LogP contribution in [0.15, 0.2) is 0 Å². The number of piperidine rings is 1.